The van der Waals surface area contributed by atoms with E-state index in [1.165, 1.54) is 0 Å². The number of urea groups is 1. The summed E-state index contributed by atoms with van der Waals surface area (Å²) in [6, 6.07) is 1.31. The molecule has 13 heavy (non-hydrogen) atoms. The van der Waals surface area contributed by atoms with Gasteiger partial charge in [0.15, 0.2) is 0 Å². The Kier molecular flexibility index (Phi) is 2.84. The molecule has 4 nitrogen and oxygen atoms in total. The second kappa shape index (κ2) is 3.89. The lowest BCUT2D eigenvalue weighted by Crippen LogP contribution is -2.20. The molecule has 0 bridgehead atoms. The zero-order valence-electron chi connectivity index (χ0n) is 7.74. The molecule has 1 rings (SSSR count). The van der Waals surface area contributed by atoms with Crippen LogP contribution in [0.4, 0.5) is 10.5 Å². The molecular formula is C9H13N3O. The molecule has 0 radical (unpaired) electrons. The smallest absolute Gasteiger partial charge is 0.316 e. The van der Waals surface area contributed by atoms with Crippen LogP contribution in [-0.2, 0) is 0 Å². The highest BCUT2D eigenvalue weighted by molar-refractivity contribution is 5.88. The van der Waals surface area contributed by atoms with Crippen molar-refractivity contribution < 1.29 is 4.79 Å². The first-order valence-corrected chi connectivity index (χ1v) is 4.11. The molecule has 0 aliphatic rings. The number of carbonyl (C=O) groups is 1. The summed E-state index contributed by atoms with van der Waals surface area (Å²) in [6.45, 7) is 4.09. The predicted molar refractivity (Wildman–Crippen MR) is 51.5 cm³/mol. The summed E-state index contributed by atoms with van der Waals surface area (Å²) >= 11 is 0. The van der Waals surface area contributed by atoms with Gasteiger partial charge < -0.3 is 11.1 Å². The normalized spacial score (nSPS) is 10.1. The average Bonchev–Trinajstić information content (AvgIpc) is 2.03. The molecule has 0 aliphatic carbocycles. The number of rotatable bonds is 2. The molecule has 1 heterocycles. The maximum atomic E-state index is 10.6. The molecule has 0 spiro atoms. The number of hydrogen-bond acceptors (Lipinski definition) is 2. The van der Waals surface area contributed by atoms with Crippen LogP contribution in [0.1, 0.15) is 25.3 Å². The fraction of sp³-hybridized carbons (Fsp3) is 0.333. The van der Waals surface area contributed by atoms with Gasteiger partial charge in [-0.3, -0.25) is 4.98 Å². The number of nitrogens with one attached hydrogen (secondary N) is 1. The minimum Gasteiger partial charge on any atom is -0.351 e. The molecular weight excluding hydrogens is 166 g/mol. The molecule has 0 aromatic carbocycles. The minimum absolute atomic E-state index is 0.338. The Morgan fingerprint density at radius 2 is 2.31 bits per heavy atom. The number of anilines is 1. The van der Waals surface area contributed by atoms with E-state index in [1.54, 1.807) is 12.4 Å². The fourth-order valence-corrected chi connectivity index (χ4v) is 1.15. The van der Waals surface area contributed by atoms with E-state index in [-0.39, 0.29) is 0 Å². The van der Waals surface area contributed by atoms with Gasteiger partial charge in [-0.15, -0.1) is 0 Å². The summed E-state index contributed by atoms with van der Waals surface area (Å²) in [7, 11) is 0. The third-order valence-electron chi connectivity index (χ3n) is 1.73. The quantitative estimate of drug-likeness (QED) is 0.725. The number of primary amides is 1. The van der Waals surface area contributed by atoms with Crippen molar-refractivity contribution in [1.82, 2.24) is 4.98 Å². The standard InChI is InChI=1S/C9H13N3O/c1-6(2)7-3-4-11-5-8(7)12-9(10)13/h3-6H,1-2H3,(H3,10,12,13). The van der Waals surface area contributed by atoms with Gasteiger partial charge >= 0.3 is 6.03 Å². The van der Waals surface area contributed by atoms with Crippen molar-refractivity contribution in [3.05, 3.63) is 24.0 Å². The second-order valence-electron chi connectivity index (χ2n) is 3.11. The lowest BCUT2D eigenvalue weighted by Gasteiger charge is -2.11. The Balaban J connectivity index is 2.97. The molecule has 2 amide bonds. The number of carbonyl (C=O) groups excluding carboxylic acids is 1. The van der Waals surface area contributed by atoms with Crippen LogP contribution in [0.15, 0.2) is 18.5 Å². The van der Waals surface area contributed by atoms with Crippen molar-refractivity contribution in [2.75, 3.05) is 5.32 Å². The SMILES string of the molecule is CC(C)c1ccncc1NC(N)=O. The van der Waals surface area contributed by atoms with E-state index >= 15 is 0 Å². The van der Waals surface area contributed by atoms with Gasteiger partial charge in [0.2, 0.25) is 0 Å². The maximum absolute atomic E-state index is 10.6. The molecule has 1 aromatic rings. The van der Waals surface area contributed by atoms with Gasteiger partial charge in [-0.25, -0.2) is 4.79 Å². The summed E-state index contributed by atoms with van der Waals surface area (Å²) in [5.41, 5.74) is 6.74. The van der Waals surface area contributed by atoms with Crippen LogP contribution in [0.3, 0.4) is 0 Å². The van der Waals surface area contributed by atoms with Crippen LogP contribution < -0.4 is 11.1 Å². The largest absolute Gasteiger partial charge is 0.351 e. The first kappa shape index (κ1) is 9.51. The summed E-state index contributed by atoms with van der Waals surface area (Å²) in [4.78, 5) is 14.5. The molecule has 0 unspecified atom stereocenters. The van der Waals surface area contributed by atoms with Crippen LogP contribution >= 0.6 is 0 Å². The third-order valence-corrected chi connectivity index (χ3v) is 1.73. The van der Waals surface area contributed by atoms with Crippen LogP contribution in [0.25, 0.3) is 0 Å². The molecule has 0 atom stereocenters. The van der Waals surface area contributed by atoms with Gasteiger partial charge in [0, 0.05) is 6.20 Å². The van der Waals surface area contributed by atoms with E-state index in [4.69, 9.17) is 5.73 Å². The lowest BCUT2D eigenvalue weighted by atomic mass is 10.0. The van der Waals surface area contributed by atoms with Crippen molar-refractivity contribution in [3.8, 4) is 0 Å². The summed E-state index contributed by atoms with van der Waals surface area (Å²) < 4.78 is 0. The van der Waals surface area contributed by atoms with Gasteiger partial charge in [0.05, 0.1) is 11.9 Å². The van der Waals surface area contributed by atoms with Gasteiger partial charge in [0.25, 0.3) is 0 Å². The molecule has 4 heteroatoms. The number of nitrogens with two attached hydrogens (primary N) is 1. The Hall–Kier alpha value is -1.58. The first-order valence-electron chi connectivity index (χ1n) is 4.11. The van der Waals surface area contributed by atoms with Crippen molar-refractivity contribution >= 4 is 11.7 Å². The number of hydrogen-bond donors (Lipinski definition) is 2. The van der Waals surface area contributed by atoms with Gasteiger partial charge in [-0.05, 0) is 17.5 Å². The molecule has 0 aliphatic heterocycles. The van der Waals surface area contributed by atoms with Crippen molar-refractivity contribution in [1.29, 1.82) is 0 Å². The topological polar surface area (TPSA) is 68.0 Å². The fourth-order valence-electron chi connectivity index (χ4n) is 1.15. The monoisotopic (exact) mass is 179 g/mol. The van der Waals surface area contributed by atoms with Gasteiger partial charge in [-0.2, -0.15) is 0 Å². The minimum atomic E-state index is -0.560. The number of aromatic nitrogens is 1. The van der Waals surface area contributed by atoms with Crippen LogP contribution in [0.2, 0.25) is 0 Å². The maximum Gasteiger partial charge on any atom is 0.316 e. The van der Waals surface area contributed by atoms with Crippen molar-refractivity contribution in [2.24, 2.45) is 5.73 Å². The number of nitrogens with zero attached hydrogens (tertiary/aromatic N) is 1. The summed E-state index contributed by atoms with van der Waals surface area (Å²) in [5, 5.41) is 2.53. The molecule has 0 saturated carbocycles. The Morgan fingerprint density at radius 3 is 2.85 bits per heavy atom. The van der Waals surface area contributed by atoms with Crippen molar-refractivity contribution in [3.63, 3.8) is 0 Å². The number of amides is 2. The Morgan fingerprint density at radius 1 is 1.62 bits per heavy atom. The Bertz CT molecular complexity index is 309. The molecule has 1 aromatic heterocycles. The highest BCUT2D eigenvalue weighted by atomic mass is 16.2. The zero-order chi connectivity index (χ0) is 9.84. The van der Waals surface area contributed by atoms with Gasteiger partial charge in [0.1, 0.15) is 0 Å². The van der Waals surface area contributed by atoms with E-state index < -0.39 is 6.03 Å². The first-order chi connectivity index (χ1) is 6.11. The van der Waals surface area contributed by atoms with E-state index in [9.17, 15) is 4.79 Å². The summed E-state index contributed by atoms with van der Waals surface area (Å²) in [6.07, 6.45) is 3.29. The zero-order valence-corrected chi connectivity index (χ0v) is 7.74. The van der Waals surface area contributed by atoms with Crippen LogP contribution in [0.5, 0.6) is 0 Å². The second-order valence-corrected chi connectivity index (χ2v) is 3.11. The lowest BCUT2D eigenvalue weighted by molar-refractivity contribution is 0.259. The summed E-state index contributed by atoms with van der Waals surface area (Å²) in [5.74, 6) is 0.338. The van der Waals surface area contributed by atoms with Crippen molar-refractivity contribution in [2.45, 2.75) is 19.8 Å². The highest BCUT2D eigenvalue weighted by Crippen LogP contribution is 2.22. The van der Waals surface area contributed by atoms with E-state index in [0.717, 1.165) is 5.56 Å². The highest BCUT2D eigenvalue weighted by Gasteiger charge is 2.06. The predicted octanol–water partition coefficient (Wildman–Crippen LogP) is 1.70. The van der Waals surface area contributed by atoms with Crippen LogP contribution in [0, 0.1) is 0 Å². The van der Waals surface area contributed by atoms with E-state index in [1.807, 2.05) is 19.9 Å². The molecule has 0 fully saturated rings. The van der Waals surface area contributed by atoms with E-state index in [2.05, 4.69) is 10.3 Å². The number of pyridine rings is 1. The van der Waals surface area contributed by atoms with Crippen LogP contribution in [-0.4, -0.2) is 11.0 Å². The van der Waals surface area contributed by atoms with E-state index in [0.29, 0.717) is 11.6 Å². The van der Waals surface area contributed by atoms with Gasteiger partial charge in [-0.1, -0.05) is 13.8 Å². The average molecular weight is 179 g/mol. The molecule has 3 N–H and O–H groups in total. The molecule has 0 saturated heterocycles. The Labute approximate surface area is 77.2 Å². The molecule has 70 valence electrons. The third kappa shape index (κ3) is 2.43.